The molecule has 4 nitrogen and oxygen atoms in total. The van der Waals surface area contributed by atoms with Crippen LogP contribution in [0.5, 0.6) is 11.5 Å². The first kappa shape index (κ1) is 28.2. The Morgan fingerprint density at radius 2 is 1.52 bits per heavy atom. The van der Waals surface area contributed by atoms with Crippen molar-refractivity contribution in [1.29, 1.82) is 0 Å². The summed E-state index contributed by atoms with van der Waals surface area (Å²) in [4.78, 5) is 11.3. The van der Waals surface area contributed by atoms with Crippen molar-refractivity contribution in [2.75, 3.05) is 20.3 Å². The van der Waals surface area contributed by atoms with Crippen LogP contribution < -0.4 is 9.47 Å². The van der Waals surface area contributed by atoms with Gasteiger partial charge in [0, 0.05) is 6.08 Å². The number of hydrogen-bond acceptors (Lipinski definition) is 4. The van der Waals surface area contributed by atoms with Crippen LogP contribution in [0.1, 0.15) is 70.3 Å². The number of esters is 1. The zero-order chi connectivity index (χ0) is 23.0. The van der Waals surface area contributed by atoms with Gasteiger partial charge in [0.15, 0.2) is 11.5 Å². The van der Waals surface area contributed by atoms with Gasteiger partial charge in [-0.15, -0.1) is 33.2 Å². The highest BCUT2D eigenvalue weighted by molar-refractivity contribution is 7.64. The Morgan fingerprint density at radius 3 is 2.16 bits per heavy atom. The second-order valence-corrected chi connectivity index (χ2v) is 16.7. The summed E-state index contributed by atoms with van der Waals surface area (Å²) in [5.41, 5.74) is 0.862. The van der Waals surface area contributed by atoms with Crippen molar-refractivity contribution in [3.63, 3.8) is 0 Å². The molecule has 0 spiro atoms. The van der Waals surface area contributed by atoms with Crippen molar-refractivity contribution in [2.45, 2.75) is 70.8 Å². The molecule has 0 heterocycles. The molecule has 0 aliphatic rings. The summed E-state index contributed by atoms with van der Waals surface area (Å²) in [6.45, 7) is 3.45. The molecule has 31 heavy (non-hydrogen) atoms. The standard InChI is InChI=1S/C23H35Cl3O4Si/c1-3-4-9-16-30-22-19-20(13-15-23(27)28-2)12-14-21(22)29-17-10-7-5-6-8-11-18-31(24,25)26/h12-15,19H,3-11,16-18H2,1-2H3/b15-13+. The minimum Gasteiger partial charge on any atom is -0.490 e. The number of unbranched alkanes of at least 4 members (excludes halogenated alkanes) is 7. The van der Waals surface area contributed by atoms with Gasteiger partial charge in [0.2, 0.25) is 0 Å². The third kappa shape index (κ3) is 14.7. The van der Waals surface area contributed by atoms with E-state index in [9.17, 15) is 4.79 Å². The minimum atomic E-state index is -2.46. The van der Waals surface area contributed by atoms with Gasteiger partial charge >= 0.3 is 12.0 Å². The molecule has 176 valence electrons. The largest absolute Gasteiger partial charge is 0.490 e. The lowest BCUT2D eigenvalue weighted by molar-refractivity contribution is -0.134. The highest BCUT2D eigenvalue weighted by Crippen LogP contribution is 2.30. The molecule has 0 radical (unpaired) electrons. The highest BCUT2D eigenvalue weighted by atomic mass is 35.8. The van der Waals surface area contributed by atoms with E-state index in [1.807, 2.05) is 18.2 Å². The summed E-state index contributed by atoms with van der Waals surface area (Å²) in [5.74, 6) is 1.05. The van der Waals surface area contributed by atoms with E-state index in [1.54, 1.807) is 6.08 Å². The molecule has 0 bridgehead atoms. The van der Waals surface area contributed by atoms with Gasteiger partial charge in [-0.25, -0.2) is 4.79 Å². The molecule has 0 aliphatic heterocycles. The normalized spacial score (nSPS) is 11.6. The molecule has 0 fully saturated rings. The van der Waals surface area contributed by atoms with Gasteiger partial charge in [-0.3, -0.25) is 0 Å². The fourth-order valence-electron chi connectivity index (χ4n) is 2.94. The van der Waals surface area contributed by atoms with Crippen LogP contribution >= 0.6 is 33.2 Å². The molecule has 0 N–H and O–H groups in total. The second-order valence-electron chi connectivity index (χ2n) is 7.45. The number of carbonyl (C=O) groups excluding carboxylic acids is 1. The maximum Gasteiger partial charge on any atom is 0.341 e. The van der Waals surface area contributed by atoms with Gasteiger partial charge in [0.25, 0.3) is 0 Å². The van der Waals surface area contributed by atoms with E-state index in [2.05, 4.69) is 11.7 Å². The van der Waals surface area contributed by atoms with Crippen LogP contribution in [-0.4, -0.2) is 32.3 Å². The zero-order valence-corrected chi connectivity index (χ0v) is 21.9. The van der Waals surface area contributed by atoms with E-state index < -0.39 is 6.00 Å². The maximum absolute atomic E-state index is 11.3. The van der Waals surface area contributed by atoms with E-state index in [-0.39, 0.29) is 5.97 Å². The quantitative estimate of drug-likeness (QED) is 0.0706. The third-order valence-corrected chi connectivity index (χ3v) is 7.32. The molecule has 0 amide bonds. The summed E-state index contributed by atoms with van der Waals surface area (Å²) in [5, 5.41) is 0. The van der Waals surface area contributed by atoms with Crippen LogP contribution in [0.25, 0.3) is 6.08 Å². The van der Waals surface area contributed by atoms with Crippen LogP contribution in [0, 0.1) is 0 Å². The average molecular weight is 510 g/mol. The number of rotatable bonds is 17. The van der Waals surface area contributed by atoms with Gasteiger partial charge in [-0.05, 0) is 42.7 Å². The van der Waals surface area contributed by atoms with Gasteiger partial charge in [-0.1, -0.05) is 57.9 Å². The number of methoxy groups -OCH3 is 1. The molecule has 0 aliphatic carbocycles. The summed E-state index contributed by atoms with van der Waals surface area (Å²) >= 11 is 17.7. The molecular weight excluding hydrogens is 475 g/mol. The van der Waals surface area contributed by atoms with E-state index in [0.29, 0.717) is 19.0 Å². The predicted octanol–water partition coefficient (Wildman–Crippen LogP) is 7.82. The predicted molar refractivity (Wildman–Crippen MR) is 134 cm³/mol. The molecule has 8 heteroatoms. The van der Waals surface area contributed by atoms with Gasteiger partial charge in [0.1, 0.15) is 0 Å². The van der Waals surface area contributed by atoms with Crippen molar-refractivity contribution in [3.8, 4) is 11.5 Å². The zero-order valence-electron chi connectivity index (χ0n) is 18.6. The Labute approximate surface area is 202 Å². The Morgan fingerprint density at radius 1 is 0.903 bits per heavy atom. The van der Waals surface area contributed by atoms with E-state index in [4.69, 9.17) is 42.7 Å². The van der Waals surface area contributed by atoms with Crippen molar-refractivity contribution >= 4 is 51.3 Å². The molecule has 0 atom stereocenters. The molecular formula is C23H35Cl3O4Si. The van der Waals surface area contributed by atoms with Crippen LogP contribution in [0.4, 0.5) is 0 Å². The molecule has 1 aromatic rings. The number of halogens is 3. The van der Waals surface area contributed by atoms with Crippen molar-refractivity contribution < 1.29 is 19.0 Å². The maximum atomic E-state index is 11.3. The Hall–Kier alpha value is -0.883. The number of benzene rings is 1. The molecule has 1 aromatic carbocycles. The van der Waals surface area contributed by atoms with E-state index >= 15 is 0 Å². The van der Waals surface area contributed by atoms with Crippen LogP contribution in [0.2, 0.25) is 6.04 Å². The van der Waals surface area contributed by atoms with Crippen molar-refractivity contribution in [1.82, 2.24) is 0 Å². The Balaban J connectivity index is 2.45. The lowest BCUT2D eigenvalue weighted by atomic mass is 10.1. The molecule has 0 saturated carbocycles. The highest BCUT2D eigenvalue weighted by Gasteiger charge is 2.23. The smallest absolute Gasteiger partial charge is 0.341 e. The first-order chi connectivity index (χ1) is 14.9. The topological polar surface area (TPSA) is 44.8 Å². The van der Waals surface area contributed by atoms with E-state index in [1.165, 1.54) is 13.2 Å². The molecule has 1 rings (SSSR count). The fourth-order valence-corrected chi connectivity index (χ4v) is 4.80. The van der Waals surface area contributed by atoms with E-state index in [0.717, 1.165) is 75.1 Å². The van der Waals surface area contributed by atoms with Crippen LogP contribution in [0.3, 0.4) is 0 Å². The average Bonchev–Trinajstić information content (AvgIpc) is 2.74. The van der Waals surface area contributed by atoms with Crippen LogP contribution in [0.15, 0.2) is 24.3 Å². The Kier molecular flexibility index (Phi) is 15.2. The number of hydrogen-bond donors (Lipinski definition) is 0. The molecule has 0 aromatic heterocycles. The summed E-state index contributed by atoms with van der Waals surface area (Å²) in [7, 11) is 1.36. The lowest BCUT2D eigenvalue weighted by Crippen LogP contribution is -2.07. The monoisotopic (exact) mass is 508 g/mol. The summed E-state index contributed by atoms with van der Waals surface area (Å²) in [6.07, 6.45) is 12.9. The summed E-state index contributed by atoms with van der Waals surface area (Å²) < 4.78 is 16.6. The van der Waals surface area contributed by atoms with Gasteiger partial charge < -0.3 is 14.2 Å². The summed E-state index contributed by atoms with van der Waals surface area (Å²) in [6, 6.07) is 3.98. The fraction of sp³-hybridized carbons (Fsp3) is 0.609. The number of ether oxygens (including phenoxy) is 3. The first-order valence-electron chi connectivity index (χ1n) is 11.1. The Bertz CT molecular complexity index is 663. The van der Waals surface area contributed by atoms with Gasteiger partial charge in [-0.2, -0.15) is 0 Å². The number of carbonyl (C=O) groups is 1. The van der Waals surface area contributed by atoms with Crippen LogP contribution in [-0.2, 0) is 9.53 Å². The first-order valence-corrected chi connectivity index (χ1v) is 16.3. The molecule has 0 unspecified atom stereocenters. The minimum absolute atomic E-state index is 0.389. The SMILES string of the molecule is CCCCCOc1cc(/C=C/C(=O)OC)ccc1OCCCCCCCC[Si](Cl)(Cl)Cl. The molecule has 0 saturated heterocycles. The second kappa shape index (κ2) is 16.7. The third-order valence-electron chi connectivity index (χ3n) is 4.70. The lowest BCUT2D eigenvalue weighted by Gasteiger charge is -2.14. The van der Waals surface area contributed by atoms with Crippen molar-refractivity contribution in [3.05, 3.63) is 29.8 Å². The van der Waals surface area contributed by atoms with Crippen molar-refractivity contribution in [2.24, 2.45) is 0 Å². The van der Waals surface area contributed by atoms with Gasteiger partial charge in [0.05, 0.1) is 20.3 Å².